The fourth-order valence-corrected chi connectivity index (χ4v) is 1.12. The van der Waals surface area contributed by atoms with Gasteiger partial charge in [-0.15, -0.1) is 0 Å². The van der Waals surface area contributed by atoms with E-state index in [0.717, 1.165) is 10.5 Å². The second-order valence-electron chi connectivity index (χ2n) is 2.74. The summed E-state index contributed by atoms with van der Waals surface area (Å²) in [6.07, 6.45) is 0.979. The first-order valence-corrected chi connectivity index (χ1v) is 5.16. The van der Waals surface area contributed by atoms with E-state index in [9.17, 15) is 9.59 Å². The molecule has 1 aromatic carbocycles. The topological polar surface area (TPSA) is 52.6 Å². The van der Waals surface area contributed by atoms with Crippen LogP contribution in [0.1, 0.15) is 0 Å². The molecule has 84 valence electrons. The summed E-state index contributed by atoms with van der Waals surface area (Å²) in [5.74, 6) is -0.909. The van der Waals surface area contributed by atoms with E-state index >= 15 is 0 Å². The smallest absolute Gasteiger partial charge is 0.349 e. The van der Waals surface area contributed by atoms with Crippen molar-refractivity contribution in [2.45, 2.75) is 0 Å². The van der Waals surface area contributed by atoms with Crippen molar-refractivity contribution >= 4 is 27.9 Å². The van der Waals surface area contributed by atoms with Crippen molar-refractivity contribution < 1.29 is 19.1 Å². The van der Waals surface area contributed by atoms with Gasteiger partial charge in [0, 0.05) is 10.5 Å². The minimum absolute atomic E-state index is 0.392. The van der Waals surface area contributed by atoms with Crippen molar-refractivity contribution in [2.24, 2.45) is 0 Å². The van der Waals surface area contributed by atoms with Crippen molar-refractivity contribution in [3.05, 3.63) is 41.4 Å². The lowest BCUT2D eigenvalue weighted by Crippen LogP contribution is -2.17. The van der Waals surface area contributed by atoms with Gasteiger partial charge in [-0.05, 0) is 24.3 Å². The third-order valence-electron chi connectivity index (χ3n) is 1.54. The van der Waals surface area contributed by atoms with Gasteiger partial charge in [0.05, 0.1) is 0 Å². The summed E-state index contributed by atoms with van der Waals surface area (Å²) >= 11 is 3.25. The first-order valence-electron chi connectivity index (χ1n) is 4.37. The quantitative estimate of drug-likeness (QED) is 0.483. The standard InChI is InChI=1S/C11H9BrO4/c1-2-10(13)15-7-11(14)16-9-5-3-8(12)4-6-9/h2-6H,1,7H2. The summed E-state index contributed by atoms with van der Waals surface area (Å²) in [5.41, 5.74) is 0. The van der Waals surface area contributed by atoms with Crippen LogP contribution in [0.3, 0.4) is 0 Å². The molecule has 1 rings (SSSR count). The largest absolute Gasteiger partial charge is 0.451 e. The van der Waals surface area contributed by atoms with Gasteiger partial charge >= 0.3 is 11.9 Å². The fourth-order valence-electron chi connectivity index (χ4n) is 0.853. The molecule has 0 aliphatic rings. The maximum atomic E-state index is 11.2. The van der Waals surface area contributed by atoms with Crippen LogP contribution in [-0.4, -0.2) is 18.5 Å². The van der Waals surface area contributed by atoms with Crippen molar-refractivity contribution in [3.8, 4) is 5.75 Å². The molecule has 0 atom stereocenters. The van der Waals surface area contributed by atoms with Crippen LogP contribution >= 0.6 is 15.9 Å². The van der Waals surface area contributed by atoms with Crippen LogP contribution in [0.4, 0.5) is 0 Å². The number of halogens is 1. The number of carbonyl (C=O) groups excluding carboxylic acids is 2. The Morgan fingerprint density at radius 3 is 2.50 bits per heavy atom. The second kappa shape index (κ2) is 6.07. The molecule has 1 aromatic rings. The summed E-state index contributed by atoms with van der Waals surface area (Å²) in [6.45, 7) is 2.77. The molecule has 0 aliphatic heterocycles. The van der Waals surface area contributed by atoms with Gasteiger partial charge in [0.1, 0.15) is 5.75 Å². The Kier molecular flexibility index (Phi) is 4.72. The average Bonchev–Trinajstić information content (AvgIpc) is 2.29. The maximum absolute atomic E-state index is 11.2. The minimum atomic E-state index is -0.659. The van der Waals surface area contributed by atoms with Crippen LogP contribution in [0, 0.1) is 0 Å². The molecular weight excluding hydrogens is 276 g/mol. The van der Waals surface area contributed by atoms with Crippen molar-refractivity contribution in [1.82, 2.24) is 0 Å². The number of carbonyl (C=O) groups is 2. The van der Waals surface area contributed by atoms with Gasteiger partial charge in [-0.3, -0.25) is 0 Å². The van der Waals surface area contributed by atoms with Gasteiger partial charge in [0.25, 0.3) is 0 Å². The first kappa shape index (κ1) is 12.4. The Morgan fingerprint density at radius 1 is 1.31 bits per heavy atom. The molecule has 0 heterocycles. The Balaban J connectivity index is 2.42. The molecule has 0 radical (unpaired) electrons. The minimum Gasteiger partial charge on any atom is -0.451 e. The Labute approximate surface area is 101 Å². The number of benzene rings is 1. The van der Waals surface area contributed by atoms with E-state index in [1.165, 1.54) is 0 Å². The molecule has 0 saturated carbocycles. The van der Waals surface area contributed by atoms with Gasteiger partial charge in [-0.1, -0.05) is 22.5 Å². The summed E-state index contributed by atoms with van der Waals surface area (Å²) < 4.78 is 10.3. The van der Waals surface area contributed by atoms with Crippen LogP contribution in [-0.2, 0) is 14.3 Å². The predicted molar refractivity (Wildman–Crippen MR) is 60.9 cm³/mol. The highest BCUT2D eigenvalue weighted by molar-refractivity contribution is 9.10. The third-order valence-corrected chi connectivity index (χ3v) is 2.07. The lowest BCUT2D eigenvalue weighted by Gasteiger charge is -2.04. The molecule has 0 fully saturated rings. The molecule has 0 aromatic heterocycles. The molecule has 0 amide bonds. The summed E-state index contributed by atoms with van der Waals surface area (Å²) in [4.78, 5) is 21.8. The van der Waals surface area contributed by atoms with Crippen molar-refractivity contribution in [3.63, 3.8) is 0 Å². The highest BCUT2D eigenvalue weighted by Gasteiger charge is 2.07. The zero-order chi connectivity index (χ0) is 12.0. The lowest BCUT2D eigenvalue weighted by atomic mass is 10.3. The third kappa shape index (κ3) is 4.27. The number of rotatable bonds is 4. The van der Waals surface area contributed by atoms with Crippen LogP contribution in [0.15, 0.2) is 41.4 Å². The summed E-state index contributed by atoms with van der Waals surface area (Å²) in [7, 11) is 0. The van der Waals surface area contributed by atoms with E-state index in [0.29, 0.717) is 5.75 Å². The molecule has 16 heavy (non-hydrogen) atoms. The van der Waals surface area contributed by atoms with Crippen LogP contribution in [0.5, 0.6) is 5.75 Å². The normalized spacial score (nSPS) is 9.31. The van der Waals surface area contributed by atoms with Crippen molar-refractivity contribution in [1.29, 1.82) is 0 Å². The molecule has 0 bridgehead atoms. The summed E-state index contributed by atoms with van der Waals surface area (Å²) in [5, 5.41) is 0. The summed E-state index contributed by atoms with van der Waals surface area (Å²) in [6, 6.07) is 6.71. The maximum Gasteiger partial charge on any atom is 0.349 e. The average molecular weight is 285 g/mol. The zero-order valence-electron chi connectivity index (χ0n) is 8.31. The van der Waals surface area contributed by atoms with Gasteiger partial charge in [0.2, 0.25) is 0 Å². The number of esters is 2. The molecular formula is C11H9BrO4. The number of hydrogen-bond acceptors (Lipinski definition) is 4. The van der Waals surface area contributed by atoms with E-state index < -0.39 is 18.5 Å². The zero-order valence-corrected chi connectivity index (χ0v) is 9.90. The van der Waals surface area contributed by atoms with Crippen LogP contribution in [0.2, 0.25) is 0 Å². The molecule has 0 spiro atoms. The van der Waals surface area contributed by atoms with E-state index in [4.69, 9.17) is 4.74 Å². The Hall–Kier alpha value is -1.62. The number of hydrogen-bond donors (Lipinski definition) is 0. The highest BCUT2D eigenvalue weighted by atomic mass is 79.9. The van der Waals surface area contributed by atoms with Gasteiger partial charge in [0.15, 0.2) is 6.61 Å². The molecule has 0 aliphatic carbocycles. The van der Waals surface area contributed by atoms with Crippen LogP contribution < -0.4 is 4.74 Å². The van der Waals surface area contributed by atoms with Gasteiger partial charge in [-0.2, -0.15) is 0 Å². The molecule has 5 heteroatoms. The van der Waals surface area contributed by atoms with Crippen LogP contribution in [0.25, 0.3) is 0 Å². The fraction of sp³-hybridized carbons (Fsp3) is 0.0909. The lowest BCUT2D eigenvalue weighted by molar-refractivity contribution is -0.150. The monoisotopic (exact) mass is 284 g/mol. The van der Waals surface area contributed by atoms with E-state index in [1.807, 2.05) is 0 Å². The van der Waals surface area contributed by atoms with Gasteiger partial charge in [-0.25, -0.2) is 9.59 Å². The Bertz CT molecular complexity index is 397. The SMILES string of the molecule is C=CC(=O)OCC(=O)Oc1ccc(Br)cc1. The first-order chi connectivity index (χ1) is 7.61. The van der Waals surface area contributed by atoms with Crippen molar-refractivity contribution in [2.75, 3.05) is 6.61 Å². The molecule has 4 nitrogen and oxygen atoms in total. The molecule has 0 N–H and O–H groups in total. The predicted octanol–water partition coefficient (Wildman–Crippen LogP) is 2.08. The van der Waals surface area contributed by atoms with E-state index in [2.05, 4.69) is 27.2 Å². The Morgan fingerprint density at radius 2 is 1.94 bits per heavy atom. The van der Waals surface area contributed by atoms with E-state index in [-0.39, 0.29) is 0 Å². The molecule has 0 saturated heterocycles. The van der Waals surface area contributed by atoms with E-state index in [1.54, 1.807) is 24.3 Å². The van der Waals surface area contributed by atoms with Gasteiger partial charge < -0.3 is 9.47 Å². The molecule has 0 unspecified atom stereocenters. The number of ether oxygens (including phenoxy) is 2. The second-order valence-corrected chi connectivity index (χ2v) is 3.66. The highest BCUT2D eigenvalue weighted by Crippen LogP contribution is 2.16.